The molecule has 0 amide bonds. The molecule has 0 aliphatic carbocycles. The van der Waals surface area contributed by atoms with Crippen LogP contribution in [0.3, 0.4) is 0 Å². The fraction of sp³-hybridized carbons (Fsp3) is 0.217. The highest BCUT2D eigenvalue weighted by Gasteiger charge is 2.32. The number of hydrogen-bond acceptors (Lipinski definition) is 4. The molecular formula is C23H20FNO3S. The van der Waals surface area contributed by atoms with Gasteiger partial charge in [0.25, 0.3) is 0 Å². The topological polar surface area (TPSA) is 48.3 Å². The van der Waals surface area contributed by atoms with Crippen molar-refractivity contribution in [3.05, 3.63) is 71.0 Å². The Labute approximate surface area is 172 Å². The third-order valence-corrected chi connectivity index (χ3v) is 5.99. The highest BCUT2D eigenvalue weighted by molar-refractivity contribution is 7.99. The minimum atomic E-state index is -0.678. The zero-order valence-corrected chi connectivity index (χ0v) is 17.1. The van der Waals surface area contributed by atoms with E-state index in [0.717, 1.165) is 11.8 Å². The summed E-state index contributed by atoms with van der Waals surface area (Å²) in [5.74, 6) is -0.405. The minimum absolute atomic E-state index is 0.267. The summed E-state index contributed by atoms with van der Waals surface area (Å²) in [7, 11) is 0. The summed E-state index contributed by atoms with van der Waals surface area (Å²) in [6, 6.07) is 13.9. The number of fused-ring (bicyclic) bond motifs is 3. The van der Waals surface area contributed by atoms with Crippen LogP contribution in [0.1, 0.15) is 37.1 Å². The van der Waals surface area contributed by atoms with E-state index >= 15 is 0 Å². The molecule has 0 unspecified atom stereocenters. The fourth-order valence-corrected chi connectivity index (χ4v) is 4.77. The molecule has 1 aliphatic rings. The van der Waals surface area contributed by atoms with Crippen molar-refractivity contribution in [1.29, 1.82) is 0 Å². The van der Waals surface area contributed by atoms with Gasteiger partial charge >= 0.3 is 6.09 Å². The van der Waals surface area contributed by atoms with Crippen molar-refractivity contribution >= 4 is 41.1 Å². The summed E-state index contributed by atoms with van der Waals surface area (Å²) in [5.41, 5.74) is 2.05. The molecule has 4 rings (SSSR count). The van der Waals surface area contributed by atoms with Crippen LogP contribution in [0.4, 0.5) is 9.18 Å². The lowest BCUT2D eigenvalue weighted by Gasteiger charge is -2.24. The lowest BCUT2D eigenvalue weighted by Crippen LogP contribution is -2.27. The molecule has 2 heterocycles. The Hall–Kier alpha value is -2.86. The molecule has 0 saturated heterocycles. The molecule has 6 heteroatoms. The second-order valence-electron chi connectivity index (χ2n) is 7.87. The number of carbonyl (C=O) groups is 2. The first kappa shape index (κ1) is 19.5. The molecular weight excluding hydrogens is 389 g/mol. The number of benzene rings is 2. The molecule has 3 aromatic rings. The van der Waals surface area contributed by atoms with Crippen molar-refractivity contribution in [3.63, 3.8) is 0 Å². The standard InChI is InChI=1S/C23H20FNO3S/c1-23(2,3)28-22(27)25-19-10-9-16(24)12-17(19)18-11-15(13-26)20(29-21(18)25)14-7-5-4-6-8-14/h4-13,20H,1-3H3/t20-/m1/s1. The van der Waals surface area contributed by atoms with Crippen molar-refractivity contribution in [2.75, 3.05) is 0 Å². The summed E-state index contributed by atoms with van der Waals surface area (Å²) in [6.45, 7) is 5.40. The second-order valence-corrected chi connectivity index (χ2v) is 8.96. The number of hydrogen-bond donors (Lipinski definition) is 0. The lowest BCUT2D eigenvalue weighted by atomic mass is 10.0. The first-order chi connectivity index (χ1) is 13.8. The molecule has 29 heavy (non-hydrogen) atoms. The highest BCUT2D eigenvalue weighted by Crippen LogP contribution is 2.49. The highest BCUT2D eigenvalue weighted by atomic mass is 32.2. The summed E-state index contributed by atoms with van der Waals surface area (Å²) in [4.78, 5) is 24.9. The van der Waals surface area contributed by atoms with Gasteiger partial charge in [0, 0.05) is 16.5 Å². The van der Waals surface area contributed by atoms with Crippen LogP contribution in [0.2, 0.25) is 0 Å². The van der Waals surface area contributed by atoms with Crippen LogP contribution in [0.15, 0.2) is 59.1 Å². The van der Waals surface area contributed by atoms with Gasteiger partial charge < -0.3 is 4.74 Å². The molecule has 1 aromatic heterocycles. The van der Waals surface area contributed by atoms with Gasteiger partial charge in [-0.3, -0.25) is 4.79 Å². The Bertz CT molecular complexity index is 1140. The second kappa shape index (κ2) is 7.19. The van der Waals surface area contributed by atoms with Crippen LogP contribution in [0, 0.1) is 5.82 Å². The monoisotopic (exact) mass is 409 g/mol. The van der Waals surface area contributed by atoms with Gasteiger partial charge in [-0.15, -0.1) is 0 Å². The number of nitrogens with zero attached hydrogens (tertiary/aromatic N) is 1. The summed E-state index contributed by atoms with van der Waals surface area (Å²) in [6.07, 6.45) is 2.04. The maximum atomic E-state index is 14.0. The van der Waals surface area contributed by atoms with E-state index in [-0.39, 0.29) is 5.25 Å². The van der Waals surface area contributed by atoms with E-state index in [1.54, 1.807) is 32.9 Å². The maximum absolute atomic E-state index is 14.0. The van der Waals surface area contributed by atoms with Crippen molar-refractivity contribution in [2.24, 2.45) is 0 Å². The number of aromatic nitrogens is 1. The van der Waals surface area contributed by atoms with Gasteiger partial charge in [-0.2, -0.15) is 0 Å². The van der Waals surface area contributed by atoms with Crippen LogP contribution >= 0.6 is 11.8 Å². The van der Waals surface area contributed by atoms with Crippen molar-refractivity contribution in [3.8, 4) is 0 Å². The molecule has 0 radical (unpaired) electrons. The van der Waals surface area contributed by atoms with E-state index in [9.17, 15) is 14.0 Å². The van der Waals surface area contributed by atoms with E-state index in [0.29, 0.717) is 27.1 Å². The van der Waals surface area contributed by atoms with Crippen molar-refractivity contribution in [2.45, 2.75) is 36.6 Å². The van der Waals surface area contributed by atoms with Gasteiger partial charge in [0.1, 0.15) is 17.7 Å². The Morgan fingerprint density at radius 1 is 1.17 bits per heavy atom. The summed E-state index contributed by atoms with van der Waals surface area (Å²) in [5, 5.41) is 0.945. The molecule has 2 aromatic carbocycles. The Kier molecular flexibility index (Phi) is 4.82. The first-order valence-corrected chi connectivity index (χ1v) is 10.1. The van der Waals surface area contributed by atoms with Gasteiger partial charge in [-0.25, -0.2) is 13.8 Å². The van der Waals surface area contributed by atoms with E-state index < -0.39 is 17.5 Å². The van der Waals surface area contributed by atoms with Gasteiger partial charge in [-0.1, -0.05) is 42.1 Å². The smallest absolute Gasteiger partial charge is 0.419 e. The van der Waals surface area contributed by atoms with E-state index in [1.165, 1.54) is 28.5 Å². The maximum Gasteiger partial charge on any atom is 0.419 e. The van der Waals surface area contributed by atoms with E-state index in [2.05, 4.69) is 0 Å². The molecule has 0 N–H and O–H groups in total. The molecule has 4 nitrogen and oxygen atoms in total. The first-order valence-electron chi connectivity index (χ1n) is 9.24. The van der Waals surface area contributed by atoms with E-state index in [4.69, 9.17) is 4.74 Å². The predicted molar refractivity (Wildman–Crippen MR) is 113 cm³/mol. The zero-order chi connectivity index (χ0) is 20.8. The quantitative estimate of drug-likeness (QED) is 0.488. The number of carbonyl (C=O) groups excluding carboxylic acids is 2. The van der Waals surface area contributed by atoms with Crippen molar-refractivity contribution in [1.82, 2.24) is 4.57 Å². The lowest BCUT2D eigenvalue weighted by molar-refractivity contribution is -0.104. The van der Waals surface area contributed by atoms with Gasteiger partial charge in [0.2, 0.25) is 0 Å². The van der Waals surface area contributed by atoms with Gasteiger partial charge in [0.05, 0.1) is 15.8 Å². The average Bonchev–Trinajstić information content (AvgIpc) is 2.99. The van der Waals surface area contributed by atoms with Crippen LogP contribution in [0.5, 0.6) is 0 Å². The SMILES string of the molecule is CC(C)(C)OC(=O)n1c2c(c3cc(F)ccc31)C=C(C=O)[C@@H](c1ccccc1)S2. The van der Waals surface area contributed by atoms with E-state index in [1.807, 2.05) is 30.3 Å². The molecule has 0 spiro atoms. The Balaban J connectivity index is 1.94. The molecule has 0 bridgehead atoms. The van der Waals surface area contributed by atoms with Crippen molar-refractivity contribution < 1.29 is 18.7 Å². The molecule has 0 saturated carbocycles. The number of aldehydes is 1. The van der Waals surface area contributed by atoms with Crippen LogP contribution in [-0.2, 0) is 9.53 Å². The molecule has 148 valence electrons. The number of thioether (sulfide) groups is 1. The molecule has 1 aliphatic heterocycles. The number of ether oxygens (including phenoxy) is 1. The van der Waals surface area contributed by atoms with Gasteiger partial charge in [-0.05, 0) is 50.6 Å². The molecule has 1 atom stereocenters. The zero-order valence-electron chi connectivity index (χ0n) is 16.3. The van der Waals surface area contributed by atoms with Crippen LogP contribution in [0.25, 0.3) is 17.0 Å². The largest absolute Gasteiger partial charge is 0.443 e. The van der Waals surface area contributed by atoms with Crippen LogP contribution < -0.4 is 0 Å². The molecule has 0 fully saturated rings. The summed E-state index contributed by atoms with van der Waals surface area (Å²) >= 11 is 1.40. The predicted octanol–water partition coefficient (Wildman–Crippen LogP) is 5.99. The Morgan fingerprint density at radius 2 is 1.90 bits per heavy atom. The third kappa shape index (κ3) is 3.60. The van der Waals surface area contributed by atoms with Gasteiger partial charge in [0.15, 0.2) is 0 Å². The minimum Gasteiger partial charge on any atom is -0.443 e. The normalized spacial score (nSPS) is 16.3. The Morgan fingerprint density at radius 3 is 2.55 bits per heavy atom. The average molecular weight is 409 g/mol. The number of rotatable bonds is 2. The van der Waals surface area contributed by atoms with Crippen LogP contribution in [-0.4, -0.2) is 22.5 Å². The number of halogens is 1. The summed E-state index contributed by atoms with van der Waals surface area (Å²) < 4.78 is 21.1. The fourth-order valence-electron chi connectivity index (χ4n) is 3.41. The third-order valence-electron chi connectivity index (χ3n) is 4.58.